The molecule has 0 aromatic carbocycles. The Kier molecular flexibility index (Phi) is 4.92. The average Bonchev–Trinajstić information content (AvgIpc) is 3.03. The van der Waals surface area contributed by atoms with Gasteiger partial charge in [-0.05, 0) is 18.8 Å². The summed E-state index contributed by atoms with van der Waals surface area (Å²) in [5.74, 6) is 0.498. The topological polar surface area (TPSA) is 45.3 Å². The number of amides is 1. The van der Waals surface area contributed by atoms with Crippen molar-refractivity contribution in [1.82, 2.24) is 5.43 Å². The molecule has 0 spiro atoms. The van der Waals surface area contributed by atoms with Gasteiger partial charge in [-0.15, -0.1) is 0 Å². The van der Waals surface area contributed by atoms with Crippen molar-refractivity contribution >= 4 is 12.1 Å². The van der Waals surface area contributed by atoms with Gasteiger partial charge in [-0.2, -0.15) is 9.67 Å². The van der Waals surface area contributed by atoms with Crippen molar-refractivity contribution < 1.29 is 21.8 Å². The Bertz CT molecular complexity index is 363. The van der Waals surface area contributed by atoms with Crippen LogP contribution < -0.4 is 22.4 Å². The van der Waals surface area contributed by atoms with Crippen LogP contribution in [0.3, 0.4) is 0 Å². The summed E-state index contributed by atoms with van der Waals surface area (Å²) >= 11 is 0. The number of aromatic nitrogens is 1. The number of rotatable bonds is 4. The maximum absolute atomic E-state index is 11.4. The first-order valence-electron chi connectivity index (χ1n) is 5.11. The molecule has 2 rings (SSSR count). The quantitative estimate of drug-likeness (QED) is 0.352. The number of carbonyl (C=O) groups excluding carboxylic acids is 1. The van der Waals surface area contributed by atoms with Gasteiger partial charge in [0.25, 0.3) is 0 Å². The van der Waals surface area contributed by atoms with E-state index in [1.807, 2.05) is 41.4 Å². The Morgan fingerprint density at radius 1 is 1.38 bits per heavy atom. The average molecular weight is 240 g/mol. The highest BCUT2D eigenvalue weighted by molar-refractivity contribution is 5.75. The van der Waals surface area contributed by atoms with Gasteiger partial charge in [0.1, 0.15) is 0 Å². The van der Waals surface area contributed by atoms with Gasteiger partial charge >= 0.3 is 5.91 Å². The van der Waals surface area contributed by atoms with Crippen LogP contribution >= 0.6 is 0 Å². The van der Waals surface area contributed by atoms with Crippen LogP contribution in [0.1, 0.15) is 12.8 Å². The minimum Gasteiger partial charge on any atom is -1.00 e. The second kappa shape index (κ2) is 6.23. The van der Waals surface area contributed by atoms with Crippen molar-refractivity contribution in [3.05, 3.63) is 30.6 Å². The lowest BCUT2D eigenvalue weighted by Gasteiger charge is -1.95. The van der Waals surface area contributed by atoms with Gasteiger partial charge in [0, 0.05) is 18.3 Å². The predicted octanol–water partition coefficient (Wildman–Crippen LogP) is -2.51. The molecule has 0 saturated heterocycles. The molecule has 0 unspecified atom stereocenters. The highest BCUT2D eigenvalue weighted by atomic mass is 35.5. The molecular weight excluding hydrogens is 226 g/mol. The van der Waals surface area contributed by atoms with E-state index in [2.05, 4.69) is 10.5 Å². The molecule has 1 aromatic heterocycles. The molecule has 86 valence electrons. The summed E-state index contributed by atoms with van der Waals surface area (Å²) in [5.41, 5.74) is 2.51. The highest BCUT2D eigenvalue weighted by Crippen LogP contribution is 2.25. The molecule has 1 N–H and O–H groups in total. The molecule has 1 fully saturated rings. The van der Waals surface area contributed by atoms with Crippen molar-refractivity contribution in [3.8, 4) is 0 Å². The summed E-state index contributed by atoms with van der Waals surface area (Å²) in [7, 11) is 0. The van der Waals surface area contributed by atoms with E-state index in [9.17, 15) is 4.79 Å². The normalized spacial score (nSPS) is 14.5. The molecule has 0 aliphatic heterocycles. The zero-order chi connectivity index (χ0) is 10.5. The lowest BCUT2D eigenvalue weighted by molar-refractivity contribution is -0.684. The molecule has 1 aromatic rings. The smallest absolute Gasteiger partial charge is 0.305 e. The fourth-order valence-electron chi connectivity index (χ4n) is 1.20. The Hall–Kier alpha value is -1.42. The number of hydrazone groups is 1. The molecule has 5 heteroatoms. The number of hydrogen-bond acceptors (Lipinski definition) is 2. The third kappa shape index (κ3) is 4.40. The minimum absolute atomic E-state index is 0. The lowest BCUT2D eigenvalue weighted by atomic mass is 10.4. The second-order valence-corrected chi connectivity index (χ2v) is 3.70. The van der Waals surface area contributed by atoms with Gasteiger partial charge < -0.3 is 12.4 Å². The van der Waals surface area contributed by atoms with E-state index < -0.39 is 0 Å². The third-order valence-electron chi connectivity index (χ3n) is 2.20. The van der Waals surface area contributed by atoms with Crippen LogP contribution in [-0.4, -0.2) is 12.1 Å². The van der Waals surface area contributed by atoms with Gasteiger partial charge in [-0.3, -0.25) is 4.79 Å². The van der Waals surface area contributed by atoms with Crippen LogP contribution in [0.25, 0.3) is 0 Å². The van der Waals surface area contributed by atoms with Crippen LogP contribution in [0.2, 0.25) is 0 Å². The van der Waals surface area contributed by atoms with Crippen molar-refractivity contribution in [2.45, 2.75) is 19.4 Å². The SMILES string of the molecule is O=C(C[n+]1ccccc1)N/N=C/C1CC1.[Cl-]. The summed E-state index contributed by atoms with van der Waals surface area (Å²) < 4.78 is 1.81. The molecule has 4 nitrogen and oxygen atoms in total. The van der Waals surface area contributed by atoms with E-state index in [1.54, 1.807) is 0 Å². The lowest BCUT2D eigenvalue weighted by Crippen LogP contribution is -3.00. The largest absolute Gasteiger partial charge is 1.00 e. The van der Waals surface area contributed by atoms with Crippen molar-refractivity contribution in [2.24, 2.45) is 11.0 Å². The Labute approximate surface area is 101 Å². The van der Waals surface area contributed by atoms with E-state index in [1.165, 1.54) is 12.8 Å². The van der Waals surface area contributed by atoms with Crippen molar-refractivity contribution in [3.63, 3.8) is 0 Å². The minimum atomic E-state index is -0.0944. The number of nitrogens with zero attached hydrogens (tertiary/aromatic N) is 2. The molecule has 16 heavy (non-hydrogen) atoms. The number of halogens is 1. The molecule has 0 radical (unpaired) electrons. The number of carbonyl (C=O) groups is 1. The Morgan fingerprint density at radius 3 is 2.69 bits per heavy atom. The van der Waals surface area contributed by atoms with E-state index in [4.69, 9.17) is 0 Å². The maximum atomic E-state index is 11.4. The first kappa shape index (κ1) is 12.6. The van der Waals surface area contributed by atoms with Crippen LogP contribution in [0.15, 0.2) is 35.7 Å². The maximum Gasteiger partial charge on any atom is 0.305 e. The fraction of sp³-hybridized carbons (Fsp3) is 0.364. The predicted molar refractivity (Wildman–Crippen MR) is 56.0 cm³/mol. The van der Waals surface area contributed by atoms with Gasteiger partial charge in [-0.1, -0.05) is 6.07 Å². The van der Waals surface area contributed by atoms with Crippen LogP contribution in [-0.2, 0) is 11.3 Å². The van der Waals surface area contributed by atoms with Crippen LogP contribution in [0, 0.1) is 5.92 Å². The first-order valence-corrected chi connectivity index (χ1v) is 5.11. The van der Waals surface area contributed by atoms with Gasteiger partial charge in [-0.25, -0.2) is 5.43 Å². The van der Waals surface area contributed by atoms with E-state index in [-0.39, 0.29) is 18.3 Å². The summed E-state index contributed by atoms with van der Waals surface area (Å²) in [5, 5.41) is 3.89. The second-order valence-electron chi connectivity index (χ2n) is 3.70. The number of nitrogens with one attached hydrogen (secondary N) is 1. The van der Waals surface area contributed by atoms with E-state index >= 15 is 0 Å². The Balaban J connectivity index is 0.00000128. The van der Waals surface area contributed by atoms with Crippen LogP contribution in [0.4, 0.5) is 0 Å². The third-order valence-corrected chi connectivity index (χ3v) is 2.20. The molecule has 1 aliphatic carbocycles. The zero-order valence-corrected chi connectivity index (χ0v) is 9.60. The molecule has 1 amide bonds. The summed E-state index contributed by atoms with van der Waals surface area (Å²) in [6.07, 6.45) is 7.92. The monoisotopic (exact) mass is 239 g/mol. The van der Waals surface area contributed by atoms with Gasteiger partial charge in [0.2, 0.25) is 6.54 Å². The molecular formula is C11H14ClN3O. The summed E-state index contributed by atoms with van der Waals surface area (Å²) in [6.45, 7) is 0.308. The fourth-order valence-corrected chi connectivity index (χ4v) is 1.20. The standard InChI is InChI=1S/C11H13N3O.ClH/c15-11(13-12-8-10-4-5-10)9-14-6-2-1-3-7-14;/h1-3,6-8,10H,4-5,9H2;1H/b12-8+;. The summed E-state index contributed by atoms with van der Waals surface area (Å²) in [6, 6.07) is 5.70. The highest BCUT2D eigenvalue weighted by Gasteiger charge is 2.18. The first-order chi connectivity index (χ1) is 7.34. The van der Waals surface area contributed by atoms with Crippen LogP contribution in [0.5, 0.6) is 0 Å². The van der Waals surface area contributed by atoms with Crippen molar-refractivity contribution in [1.29, 1.82) is 0 Å². The van der Waals surface area contributed by atoms with E-state index in [0.717, 1.165) is 0 Å². The van der Waals surface area contributed by atoms with E-state index in [0.29, 0.717) is 12.5 Å². The number of hydrogen-bond donors (Lipinski definition) is 1. The molecule has 0 atom stereocenters. The Morgan fingerprint density at radius 2 is 2.06 bits per heavy atom. The summed E-state index contributed by atoms with van der Waals surface area (Å²) in [4.78, 5) is 11.4. The molecule has 1 heterocycles. The zero-order valence-electron chi connectivity index (χ0n) is 8.84. The van der Waals surface area contributed by atoms with Crippen molar-refractivity contribution in [2.75, 3.05) is 0 Å². The van der Waals surface area contributed by atoms with Gasteiger partial charge in [0.05, 0.1) is 0 Å². The molecule has 1 saturated carbocycles. The number of pyridine rings is 1. The van der Waals surface area contributed by atoms with Gasteiger partial charge in [0.15, 0.2) is 12.4 Å². The molecule has 1 aliphatic rings. The molecule has 0 bridgehead atoms.